The van der Waals surface area contributed by atoms with E-state index in [0.717, 1.165) is 29.7 Å². The van der Waals surface area contributed by atoms with E-state index in [1.54, 1.807) is 16.7 Å². The zero-order chi connectivity index (χ0) is 21.9. The number of hydrogen-bond donors (Lipinski definition) is 1. The summed E-state index contributed by atoms with van der Waals surface area (Å²) < 4.78 is 0. The van der Waals surface area contributed by atoms with Crippen molar-refractivity contribution in [1.82, 2.24) is 10.2 Å². The van der Waals surface area contributed by atoms with E-state index in [4.69, 9.17) is 0 Å². The number of hydrogen-bond acceptors (Lipinski definition) is 3. The average Bonchev–Trinajstić information content (AvgIpc) is 2.73. The number of benzene rings is 2. The Labute approximate surface area is 185 Å². The Bertz CT molecular complexity index is 820. The van der Waals surface area contributed by atoms with Gasteiger partial charge >= 0.3 is 0 Å². The SMILES string of the molecule is CCCCNC(=O)[C@H](C)N(Cc1cccc(C)c1)C(=O)CSCc1ccc(C)cc1. The van der Waals surface area contributed by atoms with Crippen molar-refractivity contribution in [3.05, 3.63) is 70.8 Å². The maximum absolute atomic E-state index is 13.1. The monoisotopic (exact) mass is 426 g/mol. The van der Waals surface area contributed by atoms with Gasteiger partial charge in [-0.05, 0) is 38.3 Å². The van der Waals surface area contributed by atoms with E-state index in [1.165, 1.54) is 11.1 Å². The van der Waals surface area contributed by atoms with Gasteiger partial charge in [-0.15, -0.1) is 11.8 Å². The number of thioether (sulfide) groups is 1. The largest absolute Gasteiger partial charge is 0.354 e. The third-order valence-electron chi connectivity index (χ3n) is 5.05. The number of carbonyl (C=O) groups is 2. The topological polar surface area (TPSA) is 49.4 Å². The molecule has 2 aromatic carbocycles. The molecule has 0 unspecified atom stereocenters. The molecule has 0 fully saturated rings. The molecule has 0 saturated carbocycles. The number of carbonyl (C=O) groups excluding carboxylic acids is 2. The Morgan fingerprint density at radius 1 is 1.03 bits per heavy atom. The predicted octanol–water partition coefficient (Wildman–Crippen LogP) is 4.87. The summed E-state index contributed by atoms with van der Waals surface area (Å²) in [6.45, 7) is 9.10. The second-order valence-electron chi connectivity index (χ2n) is 7.81. The molecular weight excluding hydrogens is 392 g/mol. The second-order valence-corrected chi connectivity index (χ2v) is 8.80. The first kappa shape index (κ1) is 24.0. The summed E-state index contributed by atoms with van der Waals surface area (Å²) in [6, 6.07) is 16.0. The van der Waals surface area contributed by atoms with E-state index >= 15 is 0 Å². The number of rotatable bonds is 11. The fourth-order valence-electron chi connectivity index (χ4n) is 3.15. The number of aryl methyl sites for hydroxylation is 2. The Morgan fingerprint density at radius 3 is 2.43 bits per heavy atom. The van der Waals surface area contributed by atoms with Gasteiger partial charge in [0, 0.05) is 18.8 Å². The van der Waals surface area contributed by atoms with Gasteiger partial charge in [0.05, 0.1) is 5.75 Å². The molecule has 2 amide bonds. The van der Waals surface area contributed by atoms with Crippen LogP contribution >= 0.6 is 11.8 Å². The van der Waals surface area contributed by atoms with E-state index in [0.29, 0.717) is 18.8 Å². The Balaban J connectivity index is 2.03. The molecule has 0 bridgehead atoms. The molecule has 2 rings (SSSR count). The first-order valence-electron chi connectivity index (χ1n) is 10.7. The van der Waals surface area contributed by atoms with Crippen LogP contribution < -0.4 is 5.32 Å². The first-order valence-corrected chi connectivity index (χ1v) is 11.8. The lowest BCUT2D eigenvalue weighted by Gasteiger charge is -2.29. The summed E-state index contributed by atoms with van der Waals surface area (Å²) >= 11 is 1.59. The molecule has 0 aliphatic rings. The van der Waals surface area contributed by atoms with Crippen molar-refractivity contribution in [3.8, 4) is 0 Å². The quantitative estimate of drug-likeness (QED) is 0.522. The smallest absolute Gasteiger partial charge is 0.242 e. The molecule has 0 heterocycles. The van der Waals surface area contributed by atoms with Crippen molar-refractivity contribution in [1.29, 1.82) is 0 Å². The van der Waals surface area contributed by atoms with Gasteiger partial charge in [-0.2, -0.15) is 0 Å². The number of unbranched alkanes of at least 4 members (excludes halogenated alkanes) is 1. The van der Waals surface area contributed by atoms with Gasteiger partial charge in [-0.3, -0.25) is 9.59 Å². The van der Waals surface area contributed by atoms with Gasteiger partial charge in [-0.1, -0.05) is 73.0 Å². The lowest BCUT2D eigenvalue weighted by Crippen LogP contribution is -2.48. The number of amides is 2. The minimum Gasteiger partial charge on any atom is -0.354 e. The van der Waals surface area contributed by atoms with Crippen molar-refractivity contribution < 1.29 is 9.59 Å². The molecule has 0 aliphatic heterocycles. The second kappa shape index (κ2) is 12.4. The van der Waals surface area contributed by atoms with Crippen molar-refractivity contribution in [3.63, 3.8) is 0 Å². The van der Waals surface area contributed by atoms with Crippen LogP contribution in [0.4, 0.5) is 0 Å². The fourth-order valence-corrected chi connectivity index (χ4v) is 4.02. The normalized spacial score (nSPS) is 11.7. The van der Waals surface area contributed by atoms with Crippen molar-refractivity contribution >= 4 is 23.6 Å². The highest BCUT2D eigenvalue weighted by molar-refractivity contribution is 7.99. The Hall–Kier alpha value is -2.27. The van der Waals surface area contributed by atoms with Crippen LogP contribution in [0.5, 0.6) is 0 Å². The predicted molar refractivity (Wildman–Crippen MR) is 126 cm³/mol. The maximum atomic E-state index is 13.1. The van der Waals surface area contributed by atoms with Gasteiger partial charge in [0.2, 0.25) is 11.8 Å². The minimum absolute atomic E-state index is 0.00763. The molecule has 1 atom stereocenters. The summed E-state index contributed by atoms with van der Waals surface area (Å²) in [6.07, 6.45) is 1.97. The van der Waals surface area contributed by atoms with E-state index in [2.05, 4.69) is 49.5 Å². The molecule has 4 nitrogen and oxygen atoms in total. The molecule has 5 heteroatoms. The number of nitrogens with zero attached hydrogens (tertiary/aromatic N) is 1. The van der Waals surface area contributed by atoms with Crippen molar-refractivity contribution in [2.24, 2.45) is 0 Å². The Morgan fingerprint density at radius 2 is 1.77 bits per heavy atom. The summed E-state index contributed by atoms with van der Waals surface area (Å²) in [4.78, 5) is 27.4. The van der Waals surface area contributed by atoms with Gasteiger partial charge in [0.15, 0.2) is 0 Å². The van der Waals surface area contributed by atoms with Gasteiger partial charge in [-0.25, -0.2) is 0 Å². The van der Waals surface area contributed by atoms with Crippen LogP contribution in [0.1, 0.15) is 48.9 Å². The fraction of sp³-hybridized carbons (Fsp3) is 0.440. The molecule has 2 aromatic rings. The van der Waals surface area contributed by atoms with Crippen LogP contribution in [0.25, 0.3) is 0 Å². The average molecular weight is 427 g/mol. The zero-order valence-corrected chi connectivity index (χ0v) is 19.4. The molecule has 1 N–H and O–H groups in total. The Kier molecular flexibility index (Phi) is 9.95. The number of nitrogens with one attached hydrogen (secondary N) is 1. The molecule has 162 valence electrons. The van der Waals surface area contributed by atoms with Crippen LogP contribution in [0.2, 0.25) is 0 Å². The van der Waals surface area contributed by atoms with Crippen molar-refractivity contribution in [2.75, 3.05) is 12.3 Å². The summed E-state index contributed by atoms with van der Waals surface area (Å²) in [5.74, 6) is 1.04. The third kappa shape index (κ3) is 7.86. The lowest BCUT2D eigenvalue weighted by atomic mass is 10.1. The highest BCUT2D eigenvalue weighted by Gasteiger charge is 2.25. The van der Waals surface area contributed by atoms with Gasteiger partial charge in [0.25, 0.3) is 0 Å². The van der Waals surface area contributed by atoms with Crippen LogP contribution in [0, 0.1) is 13.8 Å². The molecule has 0 saturated heterocycles. The first-order chi connectivity index (χ1) is 14.4. The molecule has 0 aliphatic carbocycles. The zero-order valence-electron chi connectivity index (χ0n) is 18.6. The summed E-state index contributed by atoms with van der Waals surface area (Å²) in [5, 5.41) is 2.96. The van der Waals surface area contributed by atoms with Crippen LogP contribution in [0.3, 0.4) is 0 Å². The van der Waals surface area contributed by atoms with E-state index in [9.17, 15) is 9.59 Å². The maximum Gasteiger partial charge on any atom is 0.242 e. The highest BCUT2D eigenvalue weighted by Crippen LogP contribution is 2.17. The summed E-state index contributed by atoms with van der Waals surface area (Å²) in [7, 11) is 0. The van der Waals surface area contributed by atoms with E-state index in [1.807, 2.05) is 32.0 Å². The highest BCUT2D eigenvalue weighted by atomic mass is 32.2. The van der Waals surface area contributed by atoms with Gasteiger partial charge in [0.1, 0.15) is 6.04 Å². The van der Waals surface area contributed by atoms with E-state index < -0.39 is 6.04 Å². The van der Waals surface area contributed by atoms with Crippen molar-refractivity contribution in [2.45, 2.75) is 58.9 Å². The third-order valence-corrected chi connectivity index (χ3v) is 6.04. The molecule has 0 aromatic heterocycles. The van der Waals surface area contributed by atoms with Crippen LogP contribution in [-0.4, -0.2) is 35.1 Å². The van der Waals surface area contributed by atoms with Gasteiger partial charge < -0.3 is 10.2 Å². The molecule has 0 spiro atoms. The van der Waals surface area contributed by atoms with Crippen LogP contribution in [-0.2, 0) is 21.9 Å². The standard InChI is InChI=1S/C25H34N2O2S/c1-5-6-14-26-25(29)21(4)27(16-23-9-7-8-20(3)15-23)24(28)18-30-17-22-12-10-19(2)11-13-22/h7-13,15,21H,5-6,14,16-18H2,1-4H3,(H,26,29)/t21-/m0/s1. The lowest BCUT2D eigenvalue weighted by molar-refractivity contribution is -0.138. The van der Waals surface area contributed by atoms with E-state index in [-0.39, 0.29) is 11.8 Å². The summed E-state index contributed by atoms with van der Waals surface area (Å²) in [5.41, 5.74) is 4.62. The van der Waals surface area contributed by atoms with Crippen LogP contribution in [0.15, 0.2) is 48.5 Å². The molecule has 0 radical (unpaired) electrons. The minimum atomic E-state index is -0.505. The molecule has 30 heavy (non-hydrogen) atoms. The molecular formula is C25H34N2O2S.